The smallest absolute Gasteiger partial charge is 0.326 e. The van der Waals surface area contributed by atoms with Gasteiger partial charge < -0.3 is 10.0 Å². The average Bonchev–Trinajstić information content (AvgIpc) is 1.90. The van der Waals surface area contributed by atoms with E-state index in [4.69, 9.17) is 5.11 Å². The fourth-order valence-electron chi connectivity index (χ4n) is 0.582. The zero-order valence-electron chi connectivity index (χ0n) is 6.07. The summed E-state index contributed by atoms with van der Waals surface area (Å²) in [5.41, 5.74) is 0. The van der Waals surface area contributed by atoms with Gasteiger partial charge in [0.15, 0.2) is 0 Å². The summed E-state index contributed by atoms with van der Waals surface area (Å²) >= 11 is 0. The lowest BCUT2D eigenvalue weighted by molar-refractivity contribution is -0.145. The van der Waals surface area contributed by atoms with E-state index in [1.54, 1.807) is 6.92 Å². The molecule has 0 spiro atoms. The molecule has 0 saturated heterocycles. The molecule has 0 heterocycles. The summed E-state index contributed by atoms with van der Waals surface area (Å²) in [4.78, 5) is 21.6. The van der Waals surface area contributed by atoms with Gasteiger partial charge >= 0.3 is 5.97 Å². The average molecular weight is 145 g/mol. The fourth-order valence-corrected chi connectivity index (χ4v) is 0.582. The van der Waals surface area contributed by atoms with Gasteiger partial charge in [-0.3, -0.25) is 4.79 Å². The van der Waals surface area contributed by atoms with Crippen molar-refractivity contribution in [3.63, 3.8) is 0 Å². The first-order valence-corrected chi connectivity index (χ1v) is 3.07. The molecule has 0 saturated carbocycles. The number of carbonyl (C=O) groups excluding carboxylic acids is 1. The summed E-state index contributed by atoms with van der Waals surface area (Å²) < 4.78 is 0. The third-order valence-electron chi connectivity index (χ3n) is 1.36. The van der Waals surface area contributed by atoms with Crippen molar-refractivity contribution in [2.24, 2.45) is 0 Å². The minimum absolute atomic E-state index is 0.428. The topological polar surface area (TPSA) is 57.6 Å². The predicted octanol–water partition coefficient (Wildman–Crippen LogP) is -0.0622. The van der Waals surface area contributed by atoms with Crippen LogP contribution >= 0.6 is 0 Å². The number of carboxylic acids is 1. The molecule has 0 aliphatic carbocycles. The van der Waals surface area contributed by atoms with Crippen LogP contribution < -0.4 is 0 Å². The molecular weight excluding hydrogens is 134 g/mol. The molecule has 58 valence electrons. The molecule has 10 heavy (non-hydrogen) atoms. The second kappa shape index (κ2) is 3.87. The van der Waals surface area contributed by atoms with Crippen LogP contribution in [-0.4, -0.2) is 35.0 Å². The first kappa shape index (κ1) is 8.94. The molecule has 1 N–H and O–H groups in total. The highest BCUT2D eigenvalue weighted by Gasteiger charge is 2.16. The van der Waals surface area contributed by atoms with Crippen LogP contribution in [0.25, 0.3) is 0 Å². The molecule has 1 atom stereocenters. The lowest BCUT2D eigenvalue weighted by atomic mass is 10.3. The minimum atomic E-state index is -0.978. The first-order valence-electron chi connectivity index (χ1n) is 3.07. The number of carbonyl (C=O) groups is 2. The molecular formula is C6H11NO3. The summed E-state index contributed by atoms with van der Waals surface area (Å²) in [6.45, 7) is 3.63. The number of likely N-dealkylation sites (N-methyl/N-ethyl adjacent to an activating group) is 1. The Balaban J connectivity index is 4.00. The highest BCUT2D eigenvalue weighted by molar-refractivity contribution is 5.75. The quantitative estimate of drug-likeness (QED) is 0.564. The maximum atomic E-state index is 10.3. The molecule has 0 aromatic carbocycles. The maximum absolute atomic E-state index is 10.3. The van der Waals surface area contributed by atoms with E-state index in [9.17, 15) is 9.59 Å². The zero-order valence-corrected chi connectivity index (χ0v) is 6.07. The maximum Gasteiger partial charge on any atom is 0.326 e. The Morgan fingerprint density at radius 3 is 2.40 bits per heavy atom. The van der Waals surface area contributed by atoms with Gasteiger partial charge in [0.2, 0.25) is 6.41 Å². The van der Waals surface area contributed by atoms with E-state index in [2.05, 4.69) is 0 Å². The third-order valence-corrected chi connectivity index (χ3v) is 1.36. The highest BCUT2D eigenvalue weighted by atomic mass is 16.4. The van der Waals surface area contributed by atoms with E-state index in [-0.39, 0.29) is 0 Å². The van der Waals surface area contributed by atoms with Crippen LogP contribution in [0, 0.1) is 0 Å². The number of rotatable bonds is 4. The number of aliphatic carboxylic acids is 1. The molecule has 0 aromatic heterocycles. The van der Waals surface area contributed by atoms with E-state index in [0.29, 0.717) is 13.0 Å². The molecule has 1 amide bonds. The monoisotopic (exact) mass is 145 g/mol. The number of carboxylic acid groups (broad SMARTS) is 1. The van der Waals surface area contributed by atoms with E-state index in [0.717, 1.165) is 0 Å². The summed E-state index contributed by atoms with van der Waals surface area (Å²) in [6.07, 6.45) is 0.540. The van der Waals surface area contributed by atoms with Crippen LogP contribution in [-0.2, 0) is 9.59 Å². The van der Waals surface area contributed by atoms with Crippen LogP contribution in [0.3, 0.4) is 0 Å². The van der Waals surface area contributed by atoms with Gasteiger partial charge in [-0.15, -0.1) is 0 Å². The molecule has 0 radical (unpaired) electrons. The van der Waals surface area contributed by atoms with Crippen LogP contribution in [0.1, 0.15) is 13.8 Å². The predicted molar refractivity (Wildman–Crippen MR) is 35.5 cm³/mol. The van der Waals surface area contributed by atoms with Crippen LogP contribution in [0.4, 0.5) is 0 Å². The van der Waals surface area contributed by atoms with Gasteiger partial charge in [0.1, 0.15) is 6.04 Å². The number of nitrogens with zero attached hydrogens (tertiary/aromatic N) is 1. The largest absolute Gasteiger partial charge is 0.480 e. The summed E-state index contributed by atoms with van der Waals surface area (Å²) in [7, 11) is 0. The Morgan fingerprint density at radius 2 is 2.30 bits per heavy atom. The minimum Gasteiger partial charge on any atom is -0.480 e. The molecule has 0 aromatic rings. The van der Waals surface area contributed by atoms with Crippen molar-refractivity contribution >= 4 is 12.4 Å². The van der Waals surface area contributed by atoms with E-state index >= 15 is 0 Å². The van der Waals surface area contributed by atoms with Gasteiger partial charge in [0.05, 0.1) is 0 Å². The zero-order chi connectivity index (χ0) is 8.15. The Hall–Kier alpha value is -1.06. The molecule has 0 aliphatic rings. The molecule has 4 nitrogen and oxygen atoms in total. The van der Waals surface area contributed by atoms with Crippen molar-refractivity contribution < 1.29 is 14.7 Å². The summed E-state index contributed by atoms with van der Waals surface area (Å²) in [6, 6.07) is -0.720. The van der Waals surface area contributed by atoms with Crippen molar-refractivity contribution in [2.45, 2.75) is 19.9 Å². The van der Waals surface area contributed by atoms with Gasteiger partial charge in [-0.05, 0) is 13.8 Å². The molecule has 0 unspecified atom stereocenters. The van der Waals surface area contributed by atoms with Gasteiger partial charge in [-0.2, -0.15) is 0 Å². The Kier molecular flexibility index (Phi) is 3.46. The molecule has 0 bridgehead atoms. The van der Waals surface area contributed by atoms with Crippen molar-refractivity contribution in [1.29, 1.82) is 0 Å². The lowest BCUT2D eigenvalue weighted by Gasteiger charge is -2.18. The first-order chi connectivity index (χ1) is 4.63. The highest BCUT2D eigenvalue weighted by Crippen LogP contribution is 1.93. The Labute approximate surface area is 59.4 Å². The fraction of sp³-hybridized carbons (Fsp3) is 0.667. The molecule has 4 heteroatoms. The van der Waals surface area contributed by atoms with Gasteiger partial charge in [0.25, 0.3) is 0 Å². The molecule has 0 aliphatic heterocycles. The van der Waals surface area contributed by atoms with E-state index < -0.39 is 12.0 Å². The van der Waals surface area contributed by atoms with E-state index in [1.807, 2.05) is 0 Å². The van der Waals surface area contributed by atoms with Gasteiger partial charge in [-0.25, -0.2) is 4.79 Å². The summed E-state index contributed by atoms with van der Waals surface area (Å²) in [5.74, 6) is -0.978. The van der Waals surface area contributed by atoms with Gasteiger partial charge in [-0.1, -0.05) is 0 Å². The normalized spacial score (nSPS) is 12.2. The van der Waals surface area contributed by atoms with Crippen LogP contribution in [0.5, 0.6) is 0 Å². The number of hydrogen-bond acceptors (Lipinski definition) is 2. The van der Waals surface area contributed by atoms with E-state index in [1.165, 1.54) is 11.8 Å². The Bertz CT molecular complexity index is 135. The van der Waals surface area contributed by atoms with Crippen molar-refractivity contribution in [1.82, 2.24) is 4.90 Å². The SMILES string of the molecule is CCN(C=O)[C@@H](C)C(=O)O. The second-order valence-corrected chi connectivity index (χ2v) is 1.95. The third kappa shape index (κ3) is 2.05. The molecule has 0 fully saturated rings. The van der Waals surface area contributed by atoms with Crippen LogP contribution in [0.15, 0.2) is 0 Å². The second-order valence-electron chi connectivity index (χ2n) is 1.95. The van der Waals surface area contributed by atoms with Gasteiger partial charge in [0, 0.05) is 6.54 Å². The molecule has 0 rings (SSSR count). The standard InChI is InChI=1S/C6H11NO3/c1-3-7(4-8)5(2)6(9)10/h4-5H,3H2,1-2H3,(H,9,10)/t5-/m0/s1. The summed E-state index contributed by atoms with van der Waals surface area (Å²) in [5, 5.41) is 8.41. The van der Waals surface area contributed by atoms with Crippen LogP contribution in [0.2, 0.25) is 0 Å². The lowest BCUT2D eigenvalue weighted by Crippen LogP contribution is -2.37. The van der Waals surface area contributed by atoms with Crippen molar-refractivity contribution in [3.8, 4) is 0 Å². The van der Waals surface area contributed by atoms with Crippen molar-refractivity contribution in [3.05, 3.63) is 0 Å². The Morgan fingerprint density at radius 1 is 1.80 bits per heavy atom. The number of amides is 1. The number of hydrogen-bond donors (Lipinski definition) is 1. The van der Waals surface area contributed by atoms with Crippen molar-refractivity contribution in [2.75, 3.05) is 6.54 Å².